The van der Waals surface area contributed by atoms with Gasteiger partial charge in [0.15, 0.2) is 17.3 Å². The third-order valence-corrected chi connectivity index (χ3v) is 5.58. The molecule has 1 aromatic carbocycles. The molecule has 0 saturated heterocycles. The van der Waals surface area contributed by atoms with Crippen molar-refractivity contribution >= 4 is 17.1 Å². The molecule has 3 aromatic rings. The molecule has 0 spiro atoms. The normalized spacial score (nSPS) is 14.7. The Bertz CT molecular complexity index is 1060. The Morgan fingerprint density at radius 1 is 1.20 bits per heavy atom. The van der Waals surface area contributed by atoms with Crippen LogP contribution in [0.3, 0.4) is 0 Å². The number of carbonyl (C=O) groups is 1. The van der Waals surface area contributed by atoms with E-state index in [-0.39, 0.29) is 17.4 Å². The summed E-state index contributed by atoms with van der Waals surface area (Å²) in [6.45, 7) is 4.82. The van der Waals surface area contributed by atoms with E-state index in [0.717, 1.165) is 42.0 Å². The number of halogens is 2. The average molecular weight is 412 g/mol. The van der Waals surface area contributed by atoms with Gasteiger partial charge in [-0.2, -0.15) is 0 Å². The summed E-state index contributed by atoms with van der Waals surface area (Å²) < 4.78 is 29.2. The molecular weight excluding hydrogens is 386 g/mol. The maximum absolute atomic E-state index is 13.7. The Morgan fingerprint density at radius 3 is 2.67 bits per heavy atom. The van der Waals surface area contributed by atoms with Gasteiger partial charge >= 0.3 is 0 Å². The summed E-state index contributed by atoms with van der Waals surface area (Å²) in [5.41, 5.74) is 1.78. The number of carbonyl (C=O) groups excluding carboxylic acids is 1. The molecule has 30 heavy (non-hydrogen) atoms. The van der Waals surface area contributed by atoms with E-state index in [0.29, 0.717) is 19.1 Å². The summed E-state index contributed by atoms with van der Waals surface area (Å²) in [6.07, 6.45) is 6.23. The number of nitrogens with zero attached hydrogens (tertiary/aromatic N) is 4. The lowest BCUT2D eigenvalue weighted by molar-refractivity contribution is 0.0714. The molecular formula is C23H26F2N4O. The van der Waals surface area contributed by atoms with E-state index in [9.17, 15) is 13.6 Å². The molecule has 0 aliphatic heterocycles. The predicted octanol–water partition coefficient (Wildman–Crippen LogP) is 5.12. The summed E-state index contributed by atoms with van der Waals surface area (Å²) in [4.78, 5) is 24.2. The maximum atomic E-state index is 13.7. The van der Waals surface area contributed by atoms with Gasteiger partial charge in [0, 0.05) is 24.3 Å². The maximum Gasteiger partial charge on any atom is 0.254 e. The summed E-state index contributed by atoms with van der Waals surface area (Å²) in [5, 5.41) is 0. The number of hydrogen-bond acceptors (Lipinski definition) is 3. The van der Waals surface area contributed by atoms with Crippen LogP contribution in [-0.2, 0) is 6.54 Å². The highest BCUT2D eigenvalue weighted by Crippen LogP contribution is 2.33. The van der Waals surface area contributed by atoms with E-state index in [1.54, 1.807) is 11.1 Å². The molecule has 1 fully saturated rings. The molecule has 4 rings (SSSR count). The van der Waals surface area contributed by atoms with Crippen LogP contribution in [0.2, 0.25) is 0 Å². The monoisotopic (exact) mass is 412 g/mol. The van der Waals surface area contributed by atoms with E-state index in [4.69, 9.17) is 4.98 Å². The van der Waals surface area contributed by atoms with Crippen molar-refractivity contribution in [2.24, 2.45) is 5.92 Å². The molecule has 7 heteroatoms. The fourth-order valence-electron chi connectivity index (χ4n) is 4.28. The third kappa shape index (κ3) is 4.06. The van der Waals surface area contributed by atoms with Crippen LogP contribution in [0.4, 0.5) is 8.78 Å². The van der Waals surface area contributed by atoms with Crippen LogP contribution in [0.25, 0.3) is 11.2 Å². The van der Waals surface area contributed by atoms with Crippen molar-refractivity contribution in [2.75, 3.05) is 6.54 Å². The number of hydrogen-bond donors (Lipinski definition) is 0. The third-order valence-electron chi connectivity index (χ3n) is 5.58. The van der Waals surface area contributed by atoms with Gasteiger partial charge in [0.05, 0.1) is 6.54 Å². The van der Waals surface area contributed by atoms with Gasteiger partial charge in [0.2, 0.25) is 0 Å². The second-order valence-corrected chi connectivity index (χ2v) is 8.39. The predicted molar refractivity (Wildman–Crippen MR) is 111 cm³/mol. The fourth-order valence-corrected chi connectivity index (χ4v) is 4.28. The van der Waals surface area contributed by atoms with Crippen LogP contribution in [0, 0.1) is 17.6 Å². The van der Waals surface area contributed by atoms with E-state index in [2.05, 4.69) is 9.55 Å². The van der Waals surface area contributed by atoms with Gasteiger partial charge in [-0.1, -0.05) is 26.7 Å². The Hall–Kier alpha value is -2.83. The molecule has 1 aliphatic rings. The summed E-state index contributed by atoms with van der Waals surface area (Å²) in [6, 6.07) is 7.40. The summed E-state index contributed by atoms with van der Waals surface area (Å²) in [5.74, 6) is -1.32. The smallest absolute Gasteiger partial charge is 0.254 e. The molecule has 2 heterocycles. The Morgan fingerprint density at radius 2 is 1.97 bits per heavy atom. The van der Waals surface area contributed by atoms with Crippen molar-refractivity contribution in [3.05, 3.63) is 59.6 Å². The number of fused-ring (bicyclic) bond motifs is 1. The zero-order valence-corrected chi connectivity index (χ0v) is 17.3. The zero-order chi connectivity index (χ0) is 21.3. The number of rotatable bonds is 6. The van der Waals surface area contributed by atoms with Crippen molar-refractivity contribution in [3.8, 4) is 0 Å². The van der Waals surface area contributed by atoms with Crippen LogP contribution in [0.15, 0.2) is 36.5 Å². The average Bonchev–Trinajstić information content (AvgIpc) is 3.35. The highest BCUT2D eigenvalue weighted by Gasteiger charge is 2.26. The van der Waals surface area contributed by atoms with Crippen LogP contribution in [0.5, 0.6) is 0 Å². The zero-order valence-electron chi connectivity index (χ0n) is 17.3. The van der Waals surface area contributed by atoms with Crippen LogP contribution >= 0.6 is 0 Å². The molecule has 0 bridgehead atoms. The standard InChI is InChI=1S/C23H26F2N4O/c1-15(2)13-28(23(30)16-9-10-18(24)19(25)12-16)14-21-27-20-8-5-11-26-22(20)29(21)17-6-3-4-7-17/h5,8-12,15,17H,3-4,6-7,13-14H2,1-2H3. The van der Waals surface area contributed by atoms with Crippen molar-refractivity contribution in [3.63, 3.8) is 0 Å². The second kappa shape index (κ2) is 8.50. The summed E-state index contributed by atoms with van der Waals surface area (Å²) >= 11 is 0. The molecule has 0 N–H and O–H groups in total. The molecule has 2 aromatic heterocycles. The van der Waals surface area contributed by atoms with Gasteiger partial charge in [-0.25, -0.2) is 18.7 Å². The SMILES string of the molecule is CC(C)CN(Cc1nc2cccnc2n1C1CCCC1)C(=O)c1ccc(F)c(F)c1. The van der Waals surface area contributed by atoms with Crippen molar-refractivity contribution in [1.82, 2.24) is 19.4 Å². The lowest BCUT2D eigenvalue weighted by atomic mass is 10.1. The van der Waals surface area contributed by atoms with Gasteiger partial charge < -0.3 is 9.47 Å². The lowest BCUT2D eigenvalue weighted by Gasteiger charge is -2.26. The minimum atomic E-state index is -1.02. The van der Waals surface area contributed by atoms with E-state index in [1.807, 2.05) is 26.0 Å². The van der Waals surface area contributed by atoms with E-state index >= 15 is 0 Å². The van der Waals surface area contributed by atoms with Crippen LogP contribution < -0.4 is 0 Å². The number of benzene rings is 1. The molecule has 5 nitrogen and oxygen atoms in total. The quantitative estimate of drug-likeness (QED) is 0.564. The fraction of sp³-hybridized carbons (Fsp3) is 0.435. The first-order valence-corrected chi connectivity index (χ1v) is 10.5. The minimum Gasteiger partial charge on any atom is -0.331 e. The molecule has 0 unspecified atom stereocenters. The van der Waals surface area contributed by atoms with Gasteiger partial charge in [-0.15, -0.1) is 0 Å². The first-order valence-electron chi connectivity index (χ1n) is 10.5. The van der Waals surface area contributed by atoms with Crippen LogP contribution in [-0.4, -0.2) is 31.9 Å². The van der Waals surface area contributed by atoms with E-state index in [1.165, 1.54) is 18.9 Å². The first-order chi connectivity index (χ1) is 14.4. The Kier molecular flexibility index (Phi) is 5.79. The molecule has 0 radical (unpaired) electrons. The number of amides is 1. The molecule has 158 valence electrons. The number of pyridine rings is 1. The van der Waals surface area contributed by atoms with Crippen molar-refractivity contribution < 1.29 is 13.6 Å². The molecule has 1 amide bonds. The minimum absolute atomic E-state index is 0.135. The highest BCUT2D eigenvalue weighted by molar-refractivity contribution is 5.94. The van der Waals surface area contributed by atoms with Crippen LogP contribution in [0.1, 0.15) is 61.8 Å². The van der Waals surface area contributed by atoms with Gasteiger partial charge in [0.1, 0.15) is 11.3 Å². The molecule has 0 atom stereocenters. The largest absolute Gasteiger partial charge is 0.331 e. The lowest BCUT2D eigenvalue weighted by Crippen LogP contribution is -2.35. The van der Waals surface area contributed by atoms with Gasteiger partial charge in [-0.3, -0.25) is 4.79 Å². The van der Waals surface area contributed by atoms with Gasteiger partial charge in [-0.05, 0) is 49.1 Å². The number of aromatic nitrogens is 3. The molecule has 1 saturated carbocycles. The number of imidazole rings is 1. The van der Waals surface area contributed by atoms with Crippen molar-refractivity contribution in [1.29, 1.82) is 0 Å². The first kappa shape index (κ1) is 20.4. The van der Waals surface area contributed by atoms with E-state index < -0.39 is 11.6 Å². The Balaban J connectivity index is 1.71. The highest BCUT2D eigenvalue weighted by atomic mass is 19.2. The van der Waals surface area contributed by atoms with Crippen molar-refractivity contribution in [2.45, 2.75) is 52.1 Å². The van der Waals surface area contributed by atoms with Gasteiger partial charge in [0.25, 0.3) is 5.91 Å². The topological polar surface area (TPSA) is 51.0 Å². The summed E-state index contributed by atoms with van der Waals surface area (Å²) in [7, 11) is 0. The molecule has 1 aliphatic carbocycles. The Labute approximate surface area is 174 Å². The second-order valence-electron chi connectivity index (χ2n) is 8.39.